The summed E-state index contributed by atoms with van der Waals surface area (Å²) in [4.78, 5) is 5.45. The molecule has 0 atom stereocenters. The molecule has 20 heavy (non-hydrogen) atoms. The van der Waals surface area contributed by atoms with Gasteiger partial charge in [0.25, 0.3) is 0 Å². The molecular weight excluding hydrogens is 246 g/mol. The number of hydrogen-bond acceptors (Lipinski definition) is 3. The van der Waals surface area contributed by atoms with Gasteiger partial charge in [0.15, 0.2) is 0 Å². The van der Waals surface area contributed by atoms with Crippen molar-refractivity contribution in [3.05, 3.63) is 0 Å². The number of rotatable bonds is 5. The van der Waals surface area contributed by atoms with E-state index in [1.807, 2.05) is 0 Å². The van der Waals surface area contributed by atoms with E-state index in [4.69, 9.17) is 0 Å². The Kier molecular flexibility index (Phi) is 6.31. The third kappa shape index (κ3) is 4.44. The first-order valence-corrected chi connectivity index (χ1v) is 8.78. The quantitative estimate of drug-likeness (QED) is 0.835. The first-order valence-electron chi connectivity index (χ1n) is 8.78. The Morgan fingerprint density at radius 1 is 1.00 bits per heavy atom. The maximum Gasteiger partial charge on any atom is 0.0122 e. The maximum absolute atomic E-state index is 3.49. The Morgan fingerprint density at radius 2 is 1.60 bits per heavy atom. The second kappa shape index (κ2) is 7.77. The molecule has 0 aliphatic carbocycles. The molecule has 3 nitrogen and oxygen atoms in total. The molecule has 3 heteroatoms. The van der Waals surface area contributed by atoms with Crippen LogP contribution in [0.25, 0.3) is 0 Å². The highest BCUT2D eigenvalue weighted by Gasteiger charge is 2.29. The summed E-state index contributed by atoms with van der Waals surface area (Å²) in [6, 6.07) is 2.23. The molecule has 0 saturated carbocycles. The molecule has 0 amide bonds. The highest BCUT2D eigenvalue weighted by atomic mass is 15.2. The minimum Gasteiger partial charge on any atom is -0.317 e. The minimum absolute atomic E-state index is 0.695. The standard InChI is InChI=1S/C17H35N3/c1-14(2)19-11-7-17(8-12-19)20(15(3)4)13-16-5-9-18-10-6-16/h14-18H,5-13H2,1-4H3. The average Bonchev–Trinajstić information content (AvgIpc) is 2.45. The summed E-state index contributed by atoms with van der Waals surface area (Å²) < 4.78 is 0. The molecule has 1 N–H and O–H groups in total. The van der Waals surface area contributed by atoms with Crippen molar-refractivity contribution in [2.24, 2.45) is 5.92 Å². The Bertz CT molecular complexity index is 263. The van der Waals surface area contributed by atoms with Crippen molar-refractivity contribution in [3.8, 4) is 0 Å². The summed E-state index contributed by atoms with van der Waals surface area (Å²) in [5, 5.41) is 3.49. The molecule has 0 unspecified atom stereocenters. The fourth-order valence-electron chi connectivity index (χ4n) is 3.88. The van der Waals surface area contributed by atoms with Crippen LogP contribution in [-0.2, 0) is 0 Å². The lowest BCUT2D eigenvalue weighted by molar-refractivity contribution is 0.0565. The zero-order valence-corrected chi connectivity index (χ0v) is 14.1. The number of nitrogens with one attached hydrogen (secondary N) is 1. The van der Waals surface area contributed by atoms with Gasteiger partial charge in [-0.1, -0.05) is 0 Å². The van der Waals surface area contributed by atoms with Crippen LogP contribution in [0.4, 0.5) is 0 Å². The normalized spacial score (nSPS) is 24.1. The topological polar surface area (TPSA) is 18.5 Å². The van der Waals surface area contributed by atoms with E-state index in [1.54, 1.807) is 0 Å². The number of piperidine rings is 2. The second-order valence-corrected chi connectivity index (χ2v) is 7.34. The lowest BCUT2D eigenvalue weighted by Crippen LogP contribution is -2.51. The summed E-state index contributed by atoms with van der Waals surface area (Å²) in [5.74, 6) is 0.918. The third-order valence-corrected chi connectivity index (χ3v) is 5.29. The molecule has 0 aromatic carbocycles. The second-order valence-electron chi connectivity index (χ2n) is 7.34. The van der Waals surface area contributed by atoms with E-state index in [-0.39, 0.29) is 0 Å². The van der Waals surface area contributed by atoms with Crippen LogP contribution in [0.15, 0.2) is 0 Å². The predicted molar refractivity (Wildman–Crippen MR) is 87.2 cm³/mol. The monoisotopic (exact) mass is 281 g/mol. The van der Waals surface area contributed by atoms with Gasteiger partial charge in [-0.15, -0.1) is 0 Å². The van der Waals surface area contributed by atoms with E-state index in [0.717, 1.165) is 12.0 Å². The van der Waals surface area contributed by atoms with Gasteiger partial charge in [-0.05, 0) is 85.5 Å². The fraction of sp³-hybridized carbons (Fsp3) is 1.00. The van der Waals surface area contributed by atoms with E-state index in [9.17, 15) is 0 Å². The van der Waals surface area contributed by atoms with Crippen LogP contribution in [0.5, 0.6) is 0 Å². The molecule has 0 radical (unpaired) electrons. The molecule has 2 saturated heterocycles. The van der Waals surface area contributed by atoms with Gasteiger partial charge in [0.2, 0.25) is 0 Å². The Labute approximate surface area is 126 Å². The number of hydrogen-bond donors (Lipinski definition) is 1. The van der Waals surface area contributed by atoms with Crippen LogP contribution in [-0.4, -0.2) is 60.6 Å². The van der Waals surface area contributed by atoms with E-state index < -0.39 is 0 Å². The van der Waals surface area contributed by atoms with Crippen LogP contribution in [0.3, 0.4) is 0 Å². The molecule has 118 valence electrons. The molecule has 2 heterocycles. The van der Waals surface area contributed by atoms with Crippen molar-refractivity contribution in [3.63, 3.8) is 0 Å². The molecular formula is C17H35N3. The van der Waals surface area contributed by atoms with Gasteiger partial charge in [-0.2, -0.15) is 0 Å². The van der Waals surface area contributed by atoms with Gasteiger partial charge in [0.1, 0.15) is 0 Å². The lowest BCUT2D eigenvalue weighted by atomic mass is 9.94. The SMILES string of the molecule is CC(C)N1CCC(N(CC2CCNCC2)C(C)C)CC1. The molecule has 2 aliphatic heterocycles. The van der Waals surface area contributed by atoms with Crippen LogP contribution in [0.1, 0.15) is 53.4 Å². The molecule has 0 spiro atoms. The fourth-order valence-corrected chi connectivity index (χ4v) is 3.88. The molecule has 0 bridgehead atoms. The van der Waals surface area contributed by atoms with Crippen molar-refractivity contribution < 1.29 is 0 Å². The Hall–Kier alpha value is -0.120. The maximum atomic E-state index is 3.49. The van der Waals surface area contributed by atoms with E-state index in [0.29, 0.717) is 12.1 Å². The smallest absolute Gasteiger partial charge is 0.0122 e. The van der Waals surface area contributed by atoms with Crippen molar-refractivity contribution in [2.45, 2.75) is 71.5 Å². The van der Waals surface area contributed by atoms with Gasteiger partial charge in [0.05, 0.1) is 0 Å². The molecule has 2 aliphatic rings. The predicted octanol–water partition coefficient (Wildman–Crippen LogP) is 2.57. The average molecular weight is 281 g/mol. The highest BCUT2D eigenvalue weighted by Crippen LogP contribution is 2.23. The van der Waals surface area contributed by atoms with Crippen LogP contribution in [0, 0.1) is 5.92 Å². The van der Waals surface area contributed by atoms with Crippen molar-refractivity contribution in [1.82, 2.24) is 15.1 Å². The van der Waals surface area contributed by atoms with Gasteiger partial charge in [0, 0.05) is 24.7 Å². The number of nitrogens with zero attached hydrogens (tertiary/aromatic N) is 2. The zero-order chi connectivity index (χ0) is 14.5. The highest BCUT2D eigenvalue weighted by molar-refractivity contribution is 4.85. The van der Waals surface area contributed by atoms with Crippen LogP contribution < -0.4 is 5.32 Å². The summed E-state index contributed by atoms with van der Waals surface area (Å²) in [6.45, 7) is 15.8. The van der Waals surface area contributed by atoms with Gasteiger partial charge >= 0.3 is 0 Å². The molecule has 0 aromatic heterocycles. The molecule has 0 aromatic rings. The third-order valence-electron chi connectivity index (χ3n) is 5.29. The Morgan fingerprint density at radius 3 is 2.10 bits per heavy atom. The van der Waals surface area contributed by atoms with Crippen LogP contribution >= 0.6 is 0 Å². The number of likely N-dealkylation sites (tertiary alicyclic amines) is 1. The zero-order valence-electron chi connectivity index (χ0n) is 14.1. The summed E-state index contributed by atoms with van der Waals surface area (Å²) >= 11 is 0. The van der Waals surface area contributed by atoms with Crippen molar-refractivity contribution in [1.29, 1.82) is 0 Å². The van der Waals surface area contributed by atoms with Crippen molar-refractivity contribution in [2.75, 3.05) is 32.7 Å². The van der Waals surface area contributed by atoms with Crippen LogP contribution in [0.2, 0.25) is 0 Å². The van der Waals surface area contributed by atoms with Gasteiger partial charge < -0.3 is 10.2 Å². The summed E-state index contributed by atoms with van der Waals surface area (Å²) in [6.07, 6.45) is 5.46. The lowest BCUT2D eigenvalue weighted by Gasteiger charge is -2.43. The molecule has 2 fully saturated rings. The summed E-state index contributed by atoms with van der Waals surface area (Å²) in [5.41, 5.74) is 0. The van der Waals surface area contributed by atoms with Gasteiger partial charge in [-0.25, -0.2) is 0 Å². The van der Waals surface area contributed by atoms with E-state index >= 15 is 0 Å². The minimum atomic E-state index is 0.695. The van der Waals surface area contributed by atoms with E-state index in [2.05, 4.69) is 42.8 Å². The van der Waals surface area contributed by atoms with Crippen molar-refractivity contribution >= 4 is 0 Å². The summed E-state index contributed by atoms with van der Waals surface area (Å²) in [7, 11) is 0. The first-order chi connectivity index (χ1) is 9.58. The molecule has 2 rings (SSSR count). The van der Waals surface area contributed by atoms with E-state index in [1.165, 1.54) is 58.4 Å². The largest absolute Gasteiger partial charge is 0.317 e. The van der Waals surface area contributed by atoms with Gasteiger partial charge in [-0.3, -0.25) is 4.90 Å². The first kappa shape index (κ1) is 16.3. The Balaban J connectivity index is 1.85.